The lowest BCUT2D eigenvalue weighted by Gasteiger charge is -2.28. The van der Waals surface area contributed by atoms with Crippen LogP contribution in [0.15, 0.2) is 146 Å². The summed E-state index contributed by atoms with van der Waals surface area (Å²) in [4.78, 5) is 0. The van der Waals surface area contributed by atoms with Crippen LogP contribution >= 0.6 is 0 Å². The summed E-state index contributed by atoms with van der Waals surface area (Å²) in [6.07, 6.45) is 0. The topological polar surface area (TPSA) is 0 Å². The van der Waals surface area contributed by atoms with Crippen molar-refractivity contribution in [1.29, 1.82) is 0 Å². The Bertz CT molecular complexity index is 3300. The third kappa shape index (κ3) is 6.76. The first-order chi connectivity index (χ1) is 32.1. The molecule has 9 aromatic carbocycles. The monoisotopic (exact) mass is 883 g/mol. The minimum Gasteiger partial charge on any atom is -0.0620 e. The maximum Gasteiger partial charge on any atom is -0.000730 e. The van der Waals surface area contributed by atoms with Crippen molar-refractivity contribution in [2.24, 2.45) is 0 Å². The molecule has 9 aromatic rings. The van der Waals surface area contributed by atoms with Crippen molar-refractivity contribution in [1.82, 2.24) is 0 Å². The SMILES string of the molecule is Cc1ccccc1-c1c2c(c(-c3ccccc3C)c3ccccc13)-c1ccc3c4c(ccc-2c14)-c1c(-c2cc(C(C)(C)C)cc(C(C)(C)C)c2)ccc(-c2cc(C(C)(C)C)cc(C(C)(C)C)c2)c1-3. The maximum absolute atomic E-state index is 2.49. The summed E-state index contributed by atoms with van der Waals surface area (Å²) >= 11 is 0. The zero-order valence-electron chi connectivity index (χ0n) is 42.9. The highest BCUT2D eigenvalue weighted by Crippen LogP contribution is 2.64. The Morgan fingerprint density at radius 1 is 0.250 bits per heavy atom. The summed E-state index contributed by atoms with van der Waals surface area (Å²) < 4.78 is 0. The third-order valence-corrected chi connectivity index (χ3v) is 15.4. The molecule has 0 saturated carbocycles. The molecule has 0 radical (unpaired) electrons. The summed E-state index contributed by atoms with van der Waals surface area (Å²) in [6.45, 7) is 32.8. The first-order valence-corrected chi connectivity index (χ1v) is 24.9. The van der Waals surface area contributed by atoms with E-state index < -0.39 is 0 Å². The second kappa shape index (κ2) is 15.0. The highest BCUT2D eigenvalue weighted by molar-refractivity contribution is 6.33. The molecule has 0 saturated heterocycles. The molecule has 338 valence electrons. The summed E-state index contributed by atoms with van der Waals surface area (Å²) in [5, 5.41) is 5.35. The Balaban J connectivity index is 1.30. The van der Waals surface area contributed by atoms with Gasteiger partial charge < -0.3 is 0 Å². The fourth-order valence-corrected chi connectivity index (χ4v) is 11.5. The van der Waals surface area contributed by atoms with Gasteiger partial charge in [0.25, 0.3) is 0 Å². The normalized spacial score (nSPS) is 13.1. The van der Waals surface area contributed by atoms with Crippen LogP contribution in [0.3, 0.4) is 0 Å². The highest BCUT2D eigenvalue weighted by Gasteiger charge is 2.37. The predicted octanol–water partition coefficient (Wildman–Crippen LogP) is 19.8. The third-order valence-electron chi connectivity index (χ3n) is 15.4. The van der Waals surface area contributed by atoms with E-state index >= 15 is 0 Å². The molecule has 0 unspecified atom stereocenters. The van der Waals surface area contributed by atoms with Gasteiger partial charge in [-0.1, -0.05) is 229 Å². The quantitative estimate of drug-likeness (QED) is 0.165. The van der Waals surface area contributed by atoms with Crippen LogP contribution in [0.25, 0.3) is 111 Å². The lowest BCUT2D eigenvalue weighted by atomic mass is 9.77. The number of fused-ring (bicyclic) bond motifs is 7. The average Bonchev–Trinajstić information content (AvgIpc) is 3.80. The van der Waals surface area contributed by atoms with Crippen molar-refractivity contribution in [3.8, 4) is 89.0 Å². The van der Waals surface area contributed by atoms with Gasteiger partial charge in [-0.3, -0.25) is 0 Å². The van der Waals surface area contributed by atoms with E-state index in [-0.39, 0.29) is 21.7 Å². The fraction of sp³-hybridized carbons (Fsp3) is 0.265. The van der Waals surface area contributed by atoms with Crippen LogP contribution < -0.4 is 0 Å². The first kappa shape index (κ1) is 44.0. The molecule has 0 aromatic heterocycles. The minimum absolute atomic E-state index is 0.0135. The molecule has 0 heteroatoms. The van der Waals surface area contributed by atoms with Crippen molar-refractivity contribution in [3.63, 3.8) is 0 Å². The molecule has 0 atom stereocenters. The molecule has 2 aliphatic rings. The van der Waals surface area contributed by atoms with Crippen LogP contribution in [0.4, 0.5) is 0 Å². The van der Waals surface area contributed by atoms with Gasteiger partial charge in [-0.05, 0) is 179 Å². The van der Waals surface area contributed by atoms with Gasteiger partial charge in [0.05, 0.1) is 0 Å². The van der Waals surface area contributed by atoms with Crippen LogP contribution in [-0.4, -0.2) is 0 Å². The van der Waals surface area contributed by atoms with Crippen LogP contribution in [0, 0.1) is 13.8 Å². The number of hydrogen-bond acceptors (Lipinski definition) is 0. The molecule has 0 fully saturated rings. The maximum atomic E-state index is 2.49. The minimum atomic E-state index is -0.0135. The van der Waals surface area contributed by atoms with E-state index in [1.54, 1.807) is 0 Å². The van der Waals surface area contributed by atoms with Gasteiger partial charge in [-0.15, -0.1) is 0 Å². The molecule has 11 rings (SSSR count). The Morgan fingerprint density at radius 2 is 0.529 bits per heavy atom. The molecular weight excluding hydrogens is 817 g/mol. The second-order valence-electron chi connectivity index (χ2n) is 24.3. The molecule has 0 N–H and O–H groups in total. The summed E-state index contributed by atoms with van der Waals surface area (Å²) in [5.74, 6) is 0. The van der Waals surface area contributed by atoms with Crippen LogP contribution in [0.5, 0.6) is 0 Å². The second-order valence-corrected chi connectivity index (χ2v) is 24.3. The Labute approximate surface area is 406 Å². The standard InChI is InChI=1S/C68H66/c1-39-21-15-17-23-47(39)57-51-25-19-20-26-52(51)58(48-24-18-16-22-40(48)2)64-56-32-30-54-60-50(42-35-45(67(9,10)11)38-46(36-42)68(12,13)14)28-27-49(59(60)53-29-31-55(63(57)64)62(56)61(53)54)41-33-43(65(3,4)5)37-44(34-41)66(6,7)8/h15-38H,1-14H3. The van der Waals surface area contributed by atoms with E-state index in [0.29, 0.717) is 0 Å². The van der Waals surface area contributed by atoms with E-state index in [0.717, 1.165) is 0 Å². The van der Waals surface area contributed by atoms with Gasteiger partial charge in [0.1, 0.15) is 0 Å². The van der Waals surface area contributed by atoms with Gasteiger partial charge in [0.15, 0.2) is 0 Å². The largest absolute Gasteiger partial charge is 0.0620 e. The van der Waals surface area contributed by atoms with Gasteiger partial charge in [-0.25, -0.2) is 0 Å². The van der Waals surface area contributed by atoms with Crippen molar-refractivity contribution in [2.45, 2.75) is 119 Å². The van der Waals surface area contributed by atoms with Gasteiger partial charge in [0, 0.05) is 0 Å². The molecule has 0 aliphatic heterocycles. The smallest absolute Gasteiger partial charge is 0.000730 e. The predicted molar refractivity (Wildman–Crippen MR) is 296 cm³/mol. The summed E-state index contributed by atoms with van der Waals surface area (Å²) in [5.41, 5.74) is 29.2. The Kier molecular flexibility index (Phi) is 9.71. The molecule has 0 nitrogen and oxygen atoms in total. The Hall–Kier alpha value is -6.50. The van der Waals surface area contributed by atoms with E-state index in [9.17, 15) is 0 Å². The molecule has 0 amide bonds. The van der Waals surface area contributed by atoms with E-state index in [1.165, 1.54) is 144 Å². The Morgan fingerprint density at radius 3 is 0.838 bits per heavy atom. The van der Waals surface area contributed by atoms with Gasteiger partial charge in [0.2, 0.25) is 0 Å². The van der Waals surface area contributed by atoms with Crippen molar-refractivity contribution in [2.75, 3.05) is 0 Å². The molecule has 0 heterocycles. The number of rotatable bonds is 4. The first-order valence-electron chi connectivity index (χ1n) is 24.9. The lowest BCUT2D eigenvalue weighted by Crippen LogP contribution is -2.16. The van der Waals surface area contributed by atoms with Crippen LogP contribution in [0.2, 0.25) is 0 Å². The lowest BCUT2D eigenvalue weighted by molar-refractivity contribution is 0.568. The molecule has 0 spiro atoms. The number of aryl methyl sites for hydroxylation is 2. The average molecular weight is 883 g/mol. The van der Waals surface area contributed by atoms with E-state index in [4.69, 9.17) is 0 Å². The van der Waals surface area contributed by atoms with Gasteiger partial charge >= 0.3 is 0 Å². The fourth-order valence-electron chi connectivity index (χ4n) is 11.5. The zero-order chi connectivity index (χ0) is 48.0. The van der Waals surface area contributed by atoms with Crippen molar-refractivity contribution < 1.29 is 0 Å². The highest BCUT2D eigenvalue weighted by atomic mass is 14.4. The van der Waals surface area contributed by atoms with E-state index in [1.807, 2.05) is 0 Å². The number of hydrogen-bond donors (Lipinski definition) is 0. The van der Waals surface area contributed by atoms with Gasteiger partial charge in [-0.2, -0.15) is 0 Å². The van der Waals surface area contributed by atoms with Crippen LogP contribution in [0.1, 0.15) is 116 Å². The zero-order valence-corrected chi connectivity index (χ0v) is 42.9. The molecule has 68 heavy (non-hydrogen) atoms. The molecular formula is C68H66. The van der Waals surface area contributed by atoms with Crippen LogP contribution in [-0.2, 0) is 21.7 Å². The van der Waals surface area contributed by atoms with Crippen molar-refractivity contribution in [3.05, 3.63) is 179 Å². The molecule has 0 bridgehead atoms. The summed E-state index contributed by atoms with van der Waals surface area (Å²) in [7, 11) is 0. The summed E-state index contributed by atoms with van der Waals surface area (Å²) in [6, 6.07) is 57.0. The van der Waals surface area contributed by atoms with Crippen molar-refractivity contribution >= 4 is 21.5 Å². The number of benzene rings is 9. The van der Waals surface area contributed by atoms with E-state index in [2.05, 4.69) is 243 Å². The molecule has 2 aliphatic carbocycles.